The Bertz CT molecular complexity index is 573. The highest BCUT2D eigenvalue weighted by atomic mass is 16.4. The summed E-state index contributed by atoms with van der Waals surface area (Å²) < 4.78 is 0. The molecule has 0 aliphatic rings. The molecule has 0 bridgehead atoms. The van der Waals surface area contributed by atoms with Crippen LogP contribution in [0.2, 0.25) is 0 Å². The Morgan fingerprint density at radius 1 is 1.12 bits per heavy atom. The van der Waals surface area contributed by atoms with Crippen molar-refractivity contribution in [3.8, 4) is 16.9 Å². The standard InChI is InChI=1S/C14H12O3/c1-9-7-11(5-6-13(9)14(16)17)10-3-2-4-12(15)8-10/h2-8,15H,1H3,(H,16,17)/p-1. The van der Waals surface area contributed by atoms with Gasteiger partial charge in [0.25, 0.3) is 0 Å². The van der Waals surface area contributed by atoms with Gasteiger partial charge in [0.05, 0.1) is 5.56 Å². The quantitative estimate of drug-likeness (QED) is 0.857. The first-order chi connectivity index (χ1) is 8.08. The minimum atomic E-state index is -0.938. The highest BCUT2D eigenvalue weighted by Crippen LogP contribution is 2.24. The maximum absolute atomic E-state index is 11.2. The van der Waals surface area contributed by atoms with E-state index in [2.05, 4.69) is 0 Å². The average Bonchev–Trinajstić information content (AvgIpc) is 2.28. The minimum absolute atomic E-state index is 0.0533. The summed E-state index contributed by atoms with van der Waals surface area (Å²) in [5.41, 5.74) is 2.63. The fourth-order valence-corrected chi connectivity index (χ4v) is 1.76. The Morgan fingerprint density at radius 2 is 1.82 bits per heavy atom. The summed E-state index contributed by atoms with van der Waals surface area (Å²) >= 11 is 0. The average molecular weight is 227 g/mol. The van der Waals surface area contributed by atoms with Crippen LogP contribution in [0.3, 0.4) is 0 Å². The fourth-order valence-electron chi connectivity index (χ4n) is 1.76. The largest absolute Gasteiger partial charge is 0.872 e. The van der Waals surface area contributed by atoms with Crippen molar-refractivity contribution in [2.75, 3.05) is 0 Å². The molecule has 0 unspecified atom stereocenters. The summed E-state index contributed by atoms with van der Waals surface area (Å²) in [5.74, 6) is -0.992. The van der Waals surface area contributed by atoms with Gasteiger partial charge in [-0.25, -0.2) is 4.79 Å². The van der Waals surface area contributed by atoms with Gasteiger partial charge in [-0.3, -0.25) is 0 Å². The van der Waals surface area contributed by atoms with E-state index >= 15 is 0 Å². The summed E-state index contributed by atoms with van der Waals surface area (Å²) in [4.78, 5) is 10.9. The predicted molar refractivity (Wildman–Crippen MR) is 63.0 cm³/mol. The molecule has 0 aliphatic carbocycles. The molecule has 0 spiro atoms. The summed E-state index contributed by atoms with van der Waals surface area (Å²) in [6, 6.07) is 11.6. The molecule has 0 aromatic heterocycles. The molecule has 0 saturated carbocycles. The maximum Gasteiger partial charge on any atom is 0.335 e. The number of hydrogen-bond acceptors (Lipinski definition) is 2. The molecule has 86 valence electrons. The van der Waals surface area contributed by atoms with Crippen LogP contribution in [-0.4, -0.2) is 11.1 Å². The van der Waals surface area contributed by atoms with E-state index in [4.69, 9.17) is 5.11 Å². The van der Waals surface area contributed by atoms with Crippen LogP contribution in [0.25, 0.3) is 11.1 Å². The third kappa shape index (κ3) is 2.28. The van der Waals surface area contributed by atoms with Crippen LogP contribution in [-0.2, 0) is 0 Å². The van der Waals surface area contributed by atoms with Gasteiger partial charge in [0.1, 0.15) is 0 Å². The van der Waals surface area contributed by atoms with Crippen LogP contribution in [0.15, 0.2) is 42.5 Å². The smallest absolute Gasteiger partial charge is 0.335 e. The molecule has 0 fully saturated rings. The van der Waals surface area contributed by atoms with Crippen LogP contribution in [0.4, 0.5) is 0 Å². The molecule has 0 radical (unpaired) electrons. The lowest BCUT2D eigenvalue weighted by Gasteiger charge is -2.09. The third-order valence-electron chi connectivity index (χ3n) is 2.62. The molecule has 0 amide bonds. The zero-order chi connectivity index (χ0) is 12.4. The summed E-state index contributed by atoms with van der Waals surface area (Å²) in [5, 5.41) is 20.2. The molecule has 3 nitrogen and oxygen atoms in total. The van der Waals surface area contributed by atoms with Gasteiger partial charge in [0.2, 0.25) is 0 Å². The lowest BCUT2D eigenvalue weighted by atomic mass is 10.00. The number of hydrogen-bond donors (Lipinski definition) is 1. The second-order valence-corrected chi connectivity index (χ2v) is 3.86. The summed E-state index contributed by atoms with van der Waals surface area (Å²) in [6.07, 6.45) is 0. The second-order valence-electron chi connectivity index (χ2n) is 3.86. The lowest BCUT2D eigenvalue weighted by molar-refractivity contribution is -0.268. The van der Waals surface area contributed by atoms with E-state index in [0.717, 1.165) is 11.1 Å². The molecule has 1 N–H and O–H groups in total. The fraction of sp³-hybridized carbons (Fsp3) is 0.0714. The van der Waals surface area contributed by atoms with E-state index in [9.17, 15) is 9.90 Å². The molecule has 2 aromatic carbocycles. The zero-order valence-electron chi connectivity index (χ0n) is 9.31. The van der Waals surface area contributed by atoms with Gasteiger partial charge in [-0.05, 0) is 29.7 Å². The number of carboxylic acid groups (broad SMARTS) is 1. The number of benzene rings is 2. The Kier molecular flexibility index (Phi) is 2.83. The summed E-state index contributed by atoms with van der Waals surface area (Å²) in [6.45, 7) is 1.74. The van der Waals surface area contributed by atoms with E-state index in [1.165, 1.54) is 12.1 Å². The molecular weight excluding hydrogens is 216 g/mol. The van der Waals surface area contributed by atoms with Gasteiger partial charge in [-0.15, -0.1) is 5.75 Å². The van der Waals surface area contributed by atoms with Crippen molar-refractivity contribution in [3.05, 3.63) is 53.6 Å². The van der Waals surface area contributed by atoms with Gasteiger partial charge >= 0.3 is 5.97 Å². The highest BCUT2D eigenvalue weighted by Gasteiger charge is 2.07. The molecule has 2 aromatic rings. The maximum atomic E-state index is 11.2. The summed E-state index contributed by atoms with van der Waals surface area (Å²) in [7, 11) is 0. The third-order valence-corrected chi connectivity index (χ3v) is 2.62. The SMILES string of the molecule is Cc1cc(-c2cccc([O-])c2)ccc1C(=O)O. The van der Waals surface area contributed by atoms with E-state index < -0.39 is 5.97 Å². The first-order valence-electron chi connectivity index (χ1n) is 5.19. The second kappa shape index (κ2) is 4.29. The van der Waals surface area contributed by atoms with Crippen molar-refractivity contribution in [2.45, 2.75) is 6.92 Å². The van der Waals surface area contributed by atoms with Crippen molar-refractivity contribution in [1.29, 1.82) is 0 Å². The predicted octanol–water partition coefficient (Wildman–Crippen LogP) is 2.43. The molecule has 17 heavy (non-hydrogen) atoms. The van der Waals surface area contributed by atoms with Crippen molar-refractivity contribution in [2.24, 2.45) is 0 Å². The Morgan fingerprint density at radius 3 is 2.41 bits per heavy atom. The topological polar surface area (TPSA) is 60.4 Å². The monoisotopic (exact) mass is 227 g/mol. The number of carbonyl (C=O) groups is 1. The van der Waals surface area contributed by atoms with Crippen LogP contribution in [0.5, 0.6) is 5.75 Å². The van der Waals surface area contributed by atoms with Gasteiger partial charge in [-0.2, -0.15) is 0 Å². The molecular formula is C14H11O3-. The van der Waals surface area contributed by atoms with Gasteiger partial charge < -0.3 is 10.2 Å². The van der Waals surface area contributed by atoms with Crippen molar-refractivity contribution < 1.29 is 15.0 Å². The van der Waals surface area contributed by atoms with Crippen LogP contribution < -0.4 is 5.11 Å². The normalized spacial score (nSPS) is 10.2. The molecule has 0 atom stereocenters. The number of rotatable bonds is 2. The number of carboxylic acids is 1. The molecule has 0 aliphatic heterocycles. The zero-order valence-corrected chi connectivity index (χ0v) is 9.31. The lowest BCUT2D eigenvalue weighted by Crippen LogP contribution is -1.99. The Balaban J connectivity index is 2.48. The first-order valence-corrected chi connectivity index (χ1v) is 5.19. The van der Waals surface area contributed by atoms with Crippen LogP contribution >= 0.6 is 0 Å². The van der Waals surface area contributed by atoms with Crippen LogP contribution in [0.1, 0.15) is 15.9 Å². The van der Waals surface area contributed by atoms with E-state index in [1.807, 2.05) is 6.07 Å². The van der Waals surface area contributed by atoms with Crippen molar-refractivity contribution >= 4 is 5.97 Å². The molecule has 0 saturated heterocycles. The van der Waals surface area contributed by atoms with Crippen LogP contribution in [0, 0.1) is 6.92 Å². The van der Waals surface area contributed by atoms with Gasteiger partial charge in [0.15, 0.2) is 0 Å². The first kappa shape index (κ1) is 11.2. The van der Waals surface area contributed by atoms with E-state index in [1.54, 1.807) is 31.2 Å². The van der Waals surface area contributed by atoms with Gasteiger partial charge in [-0.1, -0.05) is 36.4 Å². The Labute approximate surface area is 99.0 Å². The Hall–Kier alpha value is -2.29. The van der Waals surface area contributed by atoms with Crippen molar-refractivity contribution in [3.63, 3.8) is 0 Å². The van der Waals surface area contributed by atoms with E-state index in [0.29, 0.717) is 5.56 Å². The number of aryl methyl sites for hydroxylation is 1. The number of aromatic carboxylic acids is 1. The molecule has 3 heteroatoms. The molecule has 2 rings (SSSR count). The minimum Gasteiger partial charge on any atom is -0.872 e. The van der Waals surface area contributed by atoms with Crippen molar-refractivity contribution in [1.82, 2.24) is 0 Å². The highest BCUT2D eigenvalue weighted by molar-refractivity contribution is 5.90. The van der Waals surface area contributed by atoms with Gasteiger partial charge in [0, 0.05) is 0 Å². The molecule has 0 heterocycles. The van der Waals surface area contributed by atoms with E-state index in [-0.39, 0.29) is 11.3 Å².